The summed E-state index contributed by atoms with van der Waals surface area (Å²) in [5.74, 6) is -2.10. The van der Waals surface area contributed by atoms with Crippen molar-refractivity contribution >= 4 is 23.3 Å². The second kappa shape index (κ2) is 5.75. The highest BCUT2D eigenvalue weighted by Crippen LogP contribution is 2.53. The van der Waals surface area contributed by atoms with Crippen molar-refractivity contribution in [2.45, 2.75) is 25.6 Å². The fourth-order valence-corrected chi connectivity index (χ4v) is 4.11. The summed E-state index contributed by atoms with van der Waals surface area (Å²) in [5.41, 5.74) is -0.507. The van der Waals surface area contributed by atoms with Crippen molar-refractivity contribution in [1.29, 1.82) is 0 Å². The minimum absolute atomic E-state index is 0.175. The third-order valence-corrected chi connectivity index (χ3v) is 5.31. The Morgan fingerprint density at radius 1 is 1.35 bits per heavy atom. The van der Waals surface area contributed by atoms with Crippen LogP contribution in [0.15, 0.2) is 30.4 Å². The van der Waals surface area contributed by atoms with Crippen molar-refractivity contribution in [2.24, 2.45) is 11.8 Å². The van der Waals surface area contributed by atoms with Gasteiger partial charge in [-0.2, -0.15) is 0 Å². The van der Waals surface area contributed by atoms with Crippen LogP contribution >= 0.6 is 0 Å². The molecule has 2 bridgehead atoms. The molecule has 0 saturated carbocycles. The lowest BCUT2D eigenvalue weighted by Gasteiger charge is -2.27. The second-order valence-corrected chi connectivity index (χ2v) is 6.74. The van der Waals surface area contributed by atoms with Crippen LogP contribution in [-0.4, -0.2) is 47.6 Å². The molecule has 2 saturated heterocycles. The van der Waals surface area contributed by atoms with Crippen LogP contribution in [0.3, 0.4) is 0 Å². The molecule has 0 spiro atoms. The van der Waals surface area contributed by atoms with Gasteiger partial charge in [0.05, 0.1) is 36.8 Å². The third kappa shape index (κ3) is 2.10. The van der Waals surface area contributed by atoms with Gasteiger partial charge in [-0.05, 0) is 32.0 Å². The maximum atomic E-state index is 13.1. The van der Waals surface area contributed by atoms with Gasteiger partial charge in [-0.1, -0.05) is 12.2 Å². The first-order valence-electron chi connectivity index (χ1n) is 8.57. The van der Waals surface area contributed by atoms with E-state index in [1.807, 2.05) is 0 Å². The molecule has 3 aliphatic heterocycles. The topological polar surface area (TPSA) is 93.1 Å². The van der Waals surface area contributed by atoms with Crippen LogP contribution < -0.4 is 9.64 Å². The van der Waals surface area contributed by atoms with E-state index < -0.39 is 35.4 Å². The Kier molecular flexibility index (Phi) is 3.75. The molecular weight excluding hydrogens is 338 g/mol. The maximum Gasteiger partial charge on any atom is 0.241 e. The maximum absolute atomic E-state index is 13.1. The van der Waals surface area contributed by atoms with Crippen LogP contribution in [0, 0.1) is 11.8 Å². The number of imide groups is 1. The predicted molar refractivity (Wildman–Crippen MR) is 90.9 cm³/mol. The Hall–Kier alpha value is -2.51. The van der Waals surface area contributed by atoms with E-state index in [0.717, 1.165) is 4.90 Å². The van der Waals surface area contributed by atoms with E-state index in [1.54, 1.807) is 31.2 Å². The van der Waals surface area contributed by atoms with Crippen LogP contribution in [0.5, 0.6) is 5.75 Å². The lowest BCUT2D eigenvalue weighted by atomic mass is 9.77. The number of ketones is 1. The zero-order chi connectivity index (χ0) is 18.6. The molecule has 4 atom stereocenters. The van der Waals surface area contributed by atoms with Crippen LogP contribution in [0.2, 0.25) is 0 Å². The van der Waals surface area contributed by atoms with Gasteiger partial charge < -0.3 is 14.6 Å². The first-order chi connectivity index (χ1) is 12.4. The fraction of sp³-hybridized carbons (Fsp3) is 0.421. The molecule has 0 aliphatic carbocycles. The van der Waals surface area contributed by atoms with Crippen molar-refractivity contribution in [3.63, 3.8) is 0 Å². The summed E-state index contributed by atoms with van der Waals surface area (Å²) in [6, 6.07) is 4.70. The molecule has 0 unspecified atom stereocenters. The summed E-state index contributed by atoms with van der Waals surface area (Å²) in [6.45, 7) is 3.19. The number of aliphatic hydroxyl groups is 1. The van der Waals surface area contributed by atoms with E-state index in [-0.39, 0.29) is 18.1 Å². The van der Waals surface area contributed by atoms with Crippen LogP contribution in [0.4, 0.5) is 5.69 Å². The summed E-state index contributed by atoms with van der Waals surface area (Å²) >= 11 is 0. The number of Topliss-reactive ketones (excluding diaryl/α,β-unsaturated/α-hetero) is 1. The molecule has 0 aromatic heterocycles. The number of carbonyl (C=O) groups excluding carboxylic acids is 3. The number of nitrogens with zero attached hydrogens (tertiary/aromatic N) is 1. The monoisotopic (exact) mass is 357 g/mol. The van der Waals surface area contributed by atoms with Gasteiger partial charge in [0.1, 0.15) is 11.4 Å². The molecule has 1 N–H and O–H groups in total. The first-order valence-corrected chi connectivity index (χ1v) is 8.57. The molecule has 4 rings (SSSR count). The number of benzene rings is 1. The summed E-state index contributed by atoms with van der Waals surface area (Å²) in [5, 5.41) is 9.78. The second-order valence-electron chi connectivity index (χ2n) is 6.74. The third-order valence-electron chi connectivity index (χ3n) is 5.31. The van der Waals surface area contributed by atoms with Gasteiger partial charge in [0.15, 0.2) is 5.78 Å². The Balaban J connectivity index is 1.80. The fourth-order valence-electron chi connectivity index (χ4n) is 4.11. The van der Waals surface area contributed by atoms with Gasteiger partial charge in [-0.3, -0.25) is 14.4 Å². The number of rotatable bonds is 5. The highest BCUT2D eigenvalue weighted by Gasteiger charge is 2.67. The summed E-state index contributed by atoms with van der Waals surface area (Å²) in [4.78, 5) is 39.0. The Labute approximate surface area is 150 Å². The lowest BCUT2D eigenvalue weighted by Crippen LogP contribution is -2.43. The molecule has 26 heavy (non-hydrogen) atoms. The Morgan fingerprint density at radius 3 is 2.77 bits per heavy atom. The summed E-state index contributed by atoms with van der Waals surface area (Å²) in [7, 11) is 0. The number of aliphatic hydroxyl groups excluding tert-OH is 1. The molecular formula is C19H19NO6. The zero-order valence-electron chi connectivity index (χ0n) is 14.5. The van der Waals surface area contributed by atoms with E-state index in [1.165, 1.54) is 13.0 Å². The van der Waals surface area contributed by atoms with Gasteiger partial charge >= 0.3 is 0 Å². The number of carbonyl (C=O) groups is 3. The van der Waals surface area contributed by atoms with Crippen molar-refractivity contribution < 1.29 is 29.0 Å². The SMILES string of the molecule is CCOc1ccc(C(C)=O)cc1N1C(=O)[C@H]2[C@@H]3C=C[C@](CO)(O3)[C@@H]2C1=O. The number of fused-ring (bicyclic) bond motifs is 5. The van der Waals surface area contributed by atoms with Crippen molar-refractivity contribution in [3.8, 4) is 5.75 Å². The van der Waals surface area contributed by atoms with E-state index in [4.69, 9.17) is 9.47 Å². The van der Waals surface area contributed by atoms with Crippen LogP contribution in [-0.2, 0) is 14.3 Å². The van der Waals surface area contributed by atoms with Gasteiger partial charge in [-0.15, -0.1) is 0 Å². The summed E-state index contributed by atoms with van der Waals surface area (Å²) < 4.78 is 11.3. The van der Waals surface area contributed by atoms with E-state index in [9.17, 15) is 19.5 Å². The average Bonchev–Trinajstić information content (AvgIpc) is 3.27. The van der Waals surface area contributed by atoms with Gasteiger partial charge in [0.25, 0.3) is 0 Å². The number of hydrogen-bond acceptors (Lipinski definition) is 6. The minimum Gasteiger partial charge on any atom is -0.492 e. The quantitative estimate of drug-likeness (QED) is 0.482. The molecule has 1 aromatic carbocycles. The molecule has 136 valence electrons. The largest absolute Gasteiger partial charge is 0.492 e. The number of hydrogen-bond donors (Lipinski definition) is 1. The van der Waals surface area contributed by atoms with E-state index in [0.29, 0.717) is 17.9 Å². The standard InChI is InChI=1S/C19H19NO6/c1-3-25-13-5-4-11(10(2)22)8-12(13)20-17(23)15-14-6-7-19(9-21,26-14)16(15)18(20)24/h4-8,14-16,21H,3,9H2,1-2H3/t14-,15-,16-,19+/m0/s1. The van der Waals surface area contributed by atoms with Crippen molar-refractivity contribution in [2.75, 3.05) is 18.1 Å². The molecule has 3 aliphatic rings. The highest BCUT2D eigenvalue weighted by atomic mass is 16.5. The van der Waals surface area contributed by atoms with Gasteiger partial charge in [0, 0.05) is 5.56 Å². The number of anilines is 1. The Morgan fingerprint density at radius 2 is 2.12 bits per heavy atom. The normalized spacial score (nSPS) is 31.7. The average molecular weight is 357 g/mol. The molecule has 2 fully saturated rings. The highest BCUT2D eigenvalue weighted by molar-refractivity contribution is 6.24. The molecule has 7 heteroatoms. The molecule has 7 nitrogen and oxygen atoms in total. The van der Waals surface area contributed by atoms with E-state index >= 15 is 0 Å². The number of amides is 2. The van der Waals surface area contributed by atoms with Crippen molar-refractivity contribution in [1.82, 2.24) is 0 Å². The molecule has 1 aromatic rings. The Bertz CT molecular complexity index is 846. The molecule has 2 amide bonds. The number of ether oxygens (including phenoxy) is 2. The van der Waals surface area contributed by atoms with E-state index in [2.05, 4.69) is 0 Å². The summed E-state index contributed by atoms with van der Waals surface area (Å²) in [6.07, 6.45) is 2.87. The van der Waals surface area contributed by atoms with Crippen LogP contribution in [0.1, 0.15) is 24.2 Å². The van der Waals surface area contributed by atoms with Gasteiger partial charge in [-0.25, -0.2) is 4.90 Å². The minimum atomic E-state index is -1.15. The van der Waals surface area contributed by atoms with Gasteiger partial charge in [0.2, 0.25) is 11.8 Å². The zero-order valence-corrected chi connectivity index (χ0v) is 14.5. The lowest BCUT2D eigenvalue weighted by molar-refractivity contribution is -0.128. The van der Waals surface area contributed by atoms with Crippen molar-refractivity contribution in [3.05, 3.63) is 35.9 Å². The van der Waals surface area contributed by atoms with Crippen LogP contribution in [0.25, 0.3) is 0 Å². The smallest absolute Gasteiger partial charge is 0.241 e. The molecule has 3 heterocycles. The predicted octanol–water partition coefficient (Wildman–Crippen LogP) is 1.09. The molecule has 0 radical (unpaired) electrons. The first kappa shape index (κ1) is 16.9.